The van der Waals surface area contributed by atoms with Crippen LogP contribution < -0.4 is 0 Å². The van der Waals surface area contributed by atoms with Crippen LogP contribution in [0.25, 0.3) is 0 Å². The van der Waals surface area contributed by atoms with Crippen LogP contribution in [0, 0.1) is 0 Å². The highest BCUT2D eigenvalue weighted by Gasteiger charge is 2.47. The standard InChI is InChI=1S/C31H43N3O5Si/c1-8-28-19-33(31(36)38-21-27-17-13-10-14-18-27)29(32-30(35)37-20-26-15-11-9-12-16-26)34(28)22-39-40(23(2)3,24(4)5)25(6)7/h8-18,23-25,28H,1,19-22H2,2-7H3/b32-29-/t28-/m1/s1. The molecule has 0 N–H and O–H groups in total. The summed E-state index contributed by atoms with van der Waals surface area (Å²) in [4.78, 5) is 33.7. The monoisotopic (exact) mass is 565 g/mol. The van der Waals surface area contributed by atoms with Crippen LogP contribution in [-0.2, 0) is 27.1 Å². The first-order valence-corrected chi connectivity index (χ1v) is 16.0. The third-order valence-electron chi connectivity index (χ3n) is 7.52. The summed E-state index contributed by atoms with van der Waals surface area (Å²) in [5, 5.41) is 0. The van der Waals surface area contributed by atoms with Crippen molar-refractivity contribution in [3.63, 3.8) is 0 Å². The van der Waals surface area contributed by atoms with Gasteiger partial charge in [-0.1, -0.05) is 108 Å². The van der Waals surface area contributed by atoms with Crippen LogP contribution in [0.4, 0.5) is 9.59 Å². The zero-order valence-electron chi connectivity index (χ0n) is 24.6. The molecule has 0 bridgehead atoms. The van der Waals surface area contributed by atoms with E-state index in [2.05, 4.69) is 53.1 Å². The van der Waals surface area contributed by atoms with Crippen molar-refractivity contribution in [1.29, 1.82) is 0 Å². The molecule has 0 saturated carbocycles. The zero-order valence-corrected chi connectivity index (χ0v) is 25.6. The summed E-state index contributed by atoms with van der Waals surface area (Å²) in [6, 6.07) is 18.5. The second-order valence-electron chi connectivity index (χ2n) is 11.0. The largest absolute Gasteiger partial charge is 0.444 e. The van der Waals surface area contributed by atoms with Crippen LogP contribution >= 0.6 is 0 Å². The molecule has 3 rings (SSSR count). The summed E-state index contributed by atoms with van der Waals surface area (Å²) in [6.07, 6.45) is 0.338. The maximum Gasteiger partial charge on any atom is 0.437 e. The molecule has 1 fully saturated rings. The maximum atomic E-state index is 13.3. The normalized spacial score (nSPS) is 16.7. The lowest BCUT2D eigenvalue weighted by molar-refractivity contribution is 0.118. The van der Waals surface area contributed by atoms with Gasteiger partial charge in [0, 0.05) is 0 Å². The number of guanidine groups is 1. The van der Waals surface area contributed by atoms with Crippen molar-refractivity contribution >= 4 is 26.5 Å². The highest BCUT2D eigenvalue weighted by Crippen LogP contribution is 2.42. The fourth-order valence-electron chi connectivity index (χ4n) is 5.62. The van der Waals surface area contributed by atoms with Crippen molar-refractivity contribution in [2.75, 3.05) is 13.3 Å². The average Bonchev–Trinajstić information content (AvgIpc) is 3.28. The minimum atomic E-state index is -2.26. The Kier molecular flexibility index (Phi) is 11.1. The summed E-state index contributed by atoms with van der Waals surface area (Å²) < 4.78 is 17.9. The molecule has 1 saturated heterocycles. The molecule has 0 radical (unpaired) electrons. The number of amides is 2. The Balaban J connectivity index is 1.88. The number of hydrogen-bond acceptors (Lipinski definition) is 5. The summed E-state index contributed by atoms with van der Waals surface area (Å²) in [7, 11) is -2.26. The number of carbonyl (C=O) groups excluding carboxylic acids is 2. The van der Waals surface area contributed by atoms with E-state index in [0.717, 1.165) is 11.1 Å². The highest BCUT2D eigenvalue weighted by molar-refractivity contribution is 6.77. The topological polar surface area (TPSA) is 80.7 Å². The number of aliphatic imine (C=N–C) groups is 1. The molecule has 9 heteroatoms. The summed E-state index contributed by atoms with van der Waals surface area (Å²) in [6.45, 7) is 17.8. The molecule has 0 aromatic heterocycles. The number of benzene rings is 2. The van der Waals surface area contributed by atoms with Gasteiger partial charge >= 0.3 is 12.2 Å². The summed E-state index contributed by atoms with van der Waals surface area (Å²) in [5.41, 5.74) is 2.78. The van der Waals surface area contributed by atoms with Gasteiger partial charge in [-0.2, -0.15) is 0 Å². The molecular formula is C31H43N3O5Si. The van der Waals surface area contributed by atoms with Gasteiger partial charge in [0.25, 0.3) is 0 Å². The van der Waals surface area contributed by atoms with Crippen LogP contribution in [0.15, 0.2) is 78.3 Å². The van der Waals surface area contributed by atoms with Crippen molar-refractivity contribution in [3.05, 3.63) is 84.4 Å². The van der Waals surface area contributed by atoms with Gasteiger partial charge in [-0.15, -0.1) is 11.6 Å². The van der Waals surface area contributed by atoms with E-state index >= 15 is 0 Å². The Hall–Kier alpha value is -3.43. The molecule has 2 aromatic carbocycles. The molecule has 1 heterocycles. The Morgan fingerprint density at radius 1 is 0.900 bits per heavy atom. The molecule has 0 spiro atoms. The van der Waals surface area contributed by atoms with E-state index in [4.69, 9.17) is 13.9 Å². The van der Waals surface area contributed by atoms with Crippen molar-refractivity contribution < 1.29 is 23.5 Å². The van der Waals surface area contributed by atoms with E-state index in [-0.39, 0.29) is 38.5 Å². The number of nitrogens with zero attached hydrogens (tertiary/aromatic N) is 3. The molecule has 1 aliphatic heterocycles. The number of carbonyl (C=O) groups is 2. The Labute approximate surface area is 239 Å². The fraction of sp³-hybridized carbons (Fsp3) is 0.452. The van der Waals surface area contributed by atoms with Crippen LogP contribution in [0.3, 0.4) is 0 Å². The minimum Gasteiger partial charge on any atom is -0.444 e. The van der Waals surface area contributed by atoms with Gasteiger partial charge in [-0.3, -0.25) is 0 Å². The van der Waals surface area contributed by atoms with E-state index in [1.807, 2.05) is 65.6 Å². The van der Waals surface area contributed by atoms with Crippen LogP contribution in [0.5, 0.6) is 0 Å². The minimum absolute atomic E-state index is 0.0698. The Bertz CT molecular complexity index is 1130. The molecule has 2 amide bonds. The molecule has 1 aliphatic rings. The van der Waals surface area contributed by atoms with Gasteiger partial charge in [-0.05, 0) is 27.8 Å². The lowest BCUT2D eigenvalue weighted by atomic mass is 10.2. The molecule has 40 heavy (non-hydrogen) atoms. The van der Waals surface area contributed by atoms with Crippen molar-refractivity contribution in [2.45, 2.75) is 77.4 Å². The van der Waals surface area contributed by atoms with Crippen LogP contribution in [-0.4, -0.2) is 55.6 Å². The van der Waals surface area contributed by atoms with E-state index < -0.39 is 20.5 Å². The summed E-state index contributed by atoms with van der Waals surface area (Å²) >= 11 is 0. The lowest BCUT2D eigenvalue weighted by Gasteiger charge is -2.43. The Morgan fingerprint density at radius 2 is 1.40 bits per heavy atom. The SMILES string of the molecule is C=C[C@@H]1CN(C(=O)OCc2ccccc2)/C(=N/C(=O)OCc2ccccc2)N1CO[Si](C(C)C)(C(C)C)C(C)C. The van der Waals surface area contributed by atoms with Gasteiger partial charge < -0.3 is 18.8 Å². The molecule has 0 unspecified atom stereocenters. The van der Waals surface area contributed by atoms with Gasteiger partial charge in [0.2, 0.25) is 14.3 Å². The summed E-state index contributed by atoms with van der Waals surface area (Å²) in [5.74, 6) is 0.139. The quantitative estimate of drug-likeness (QED) is 0.209. The fourth-order valence-corrected chi connectivity index (χ4v) is 11.0. The van der Waals surface area contributed by atoms with Crippen LogP contribution in [0.2, 0.25) is 16.6 Å². The van der Waals surface area contributed by atoms with Crippen LogP contribution in [0.1, 0.15) is 52.7 Å². The number of ether oxygens (including phenoxy) is 2. The van der Waals surface area contributed by atoms with Gasteiger partial charge in [0.1, 0.15) is 19.9 Å². The predicted octanol–water partition coefficient (Wildman–Crippen LogP) is 7.34. The molecule has 0 aliphatic carbocycles. The second-order valence-corrected chi connectivity index (χ2v) is 16.4. The van der Waals surface area contributed by atoms with Gasteiger partial charge in [-0.25, -0.2) is 14.5 Å². The molecule has 1 atom stereocenters. The molecule has 2 aromatic rings. The predicted molar refractivity (Wildman–Crippen MR) is 160 cm³/mol. The first-order valence-electron chi connectivity index (χ1n) is 13.9. The first-order chi connectivity index (χ1) is 19.1. The van der Waals surface area contributed by atoms with Gasteiger partial charge in [0.05, 0.1) is 12.6 Å². The zero-order chi connectivity index (χ0) is 29.3. The first kappa shape index (κ1) is 31.1. The van der Waals surface area contributed by atoms with Crippen molar-refractivity contribution in [2.24, 2.45) is 4.99 Å². The highest BCUT2D eigenvalue weighted by atomic mass is 28.4. The van der Waals surface area contributed by atoms with E-state index in [1.165, 1.54) is 4.90 Å². The average molecular weight is 566 g/mol. The van der Waals surface area contributed by atoms with Gasteiger partial charge in [0.15, 0.2) is 0 Å². The smallest absolute Gasteiger partial charge is 0.437 e. The molecule has 216 valence electrons. The lowest BCUT2D eigenvalue weighted by Crippen LogP contribution is -2.51. The maximum absolute atomic E-state index is 13.3. The third-order valence-corrected chi connectivity index (χ3v) is 13.6. The number of rotatable bonds is 11. The van der Waals surface area contributed by atoms with E-state index in [0.29, 0.717) is 16.6 Å². The van der Waals surface area contributed by atoms with Crippen molar-refractivity contribution in [3.8, 4) is 0 Å². The molecular weight excluding hydrogens is 522 g/mol. The second kappa shape index (κ2) is 14.3. The van der Waals surface area contributed by atoms with Crippen molar-refractivity contribution in [1.82, 2.24) is 9.80 Å². The van der Waals surface area contributed by atoms with E-state index in [1.54, 1.807) is 6.08 Å². The van der Waals surface area contributed by atoms with E-state index in [9.17, 15) is 9.59 Å². The Morgan fingerprint density at radius 3 is 1.88 bits per heavy atom. The number of hydrogen-bond donors (Lipinski definition) is 0. The molecule has 8 nitrogen and oxygen atoms in total. The third kappa shape index (κ3) is 7.40.